The van der Waals surface area contributed by atoms with Gasteiger partial charge in [0.1, 0.15) is 5.82 Å². The average Bonchev–Trinajstić information content (AvgIpc) is 2.69. The Morgan fingerprint density at radius 1 is 1.11 bits per heavy atom. The number of carbonyl (C=O) groups excluding carboxylic acids is 1. The quantitative estimate of drug-likeness (QED) is 0.802. The highest BCUT2D eigenvalue weighted by molar-refractivity contribution is 6.04. The van der Waals surface area contributed by atoms with Crippen molar-refractivity contribution in [2.45, 2.75) is 26.2 Å². The molecule has 2 N–H and O–H groups in total. The van der Waals surface area contributed by atoms with E-state index in [0.29, 0.717) is 11.3 Å². The van der Waals surface area contributed by atoms with Crippen molar-refractivity contribution in [1.29, 1.82) is 0 Å². The third-order valence-electron chi connectivity index (χ3n) is 4.87. The smallest absolute Gasteiger partial charge is 0.255 e. The van der Waals surface area contributed by atoms with Gasteiger partial charge < -0.3 is 15.4 Å². The fourth-order valence-corrected chi connectivity index (χ4v) is 3.06. The number of amides is 1. The molecule has 2 aromatic rings. The van der Waals surface area contributed by atoms with E-state index in [-0.39, 0.29) is 11.3 Å². The summed E-state index contributed by atoms with van der Waals surface area (Å²) in [4.78, 5) is 19.2. The summed E-state index contributed by atoms with van der Waals surface area (Å²) in [6.45, 7) is 11.9. The molecule has 6 nitrogen and oxygen atoms in total. The summed E-state index contributed by atoms with van der Waals surface area (Å²) in [6, 6.07) is 11.5. The van der Waals surface area contributed by atoms with Crippen LogP contribution in [0.5, 0.6) is 0 Å². The molecule has 0 bridgehead atoms. The Morgan fingerprint density at radius 2 is 1.82 bits per heavy atom. The SMILES string of the molecule is CC(C)(C)c1ccc(C(=O)Nc2ccc(NCCN3CCOCC3)nc2)cc1. The van der Waals surface area contributed by atoms with Gasteiger partial charge in [-0.2, -0.15) is 0 Å². The molecule has 1 fully saturated rings. The van der Waals surface area contributed by atoms with Crippen molar-refractivity contribution in [2.24, 2.45) is 0 Å². The lowest BCUT2D eigenvalue weighted by molar-refractivity contribution is 0.0398. The molecule has 1 aromatic carbocycles. The Kier molecular flexibility index (Phi) is 6.65. The van der Waals surface area contributed by atoms with Gasteiger partial charge in [0.25, 0.3) is 5.91 Å². The van der Waals surface area contributed by atoms with E-state index in [0.717, 1.165) is 45.2 Å². The molecule has 0 atom stereocenters. The topological polar surface area (TPSA) is 66.5 Å². The summed E-state index contributed by atoms with van der Waals surface area (Å²) in [5.74, 6) is 0.677. The fraction of sp³-hybridized carbons (Fsp3) is 0.455. The first-order chi connectivity index (χ1) is 13.4. The van der Waals surface area contributed by atoms with Crippen LogP contribution in [0, 0.1) is 0 Å². The highest BCUT2D eigenvalue weighted by Gasteiger charge is 2.14. The summed E-state index contributed by atoms with van der Waals surface area (Å²) >= 11 is 0. The van der Waals surface area contributed by atoms with E-state index in [1.54, 1.807) is 6.20 Å². The Hall–Kier alpha value is -2.44. The van der Waals surface area contributed by atoms with E-state index in [1.807, 2.05) is 36.4 Å². The number of rotatable bonds is 6. The number of aromatic nitrogens is 1. The second-order valence-electron chi connectivity index (χ2n) is 8.09. The zero-order chi connectivity index (χ0) is 20.0. The Labute approximate surface area is 167 Å². The van der Waals surface area contributed by atoms with Gasteiger partial charge in [-0.15, -0.1) is 0 Å². The van der Waals surface area contributed by atoms with E-state index in [4.69, 9.17) is 4.74 Å². The van der Waals surface area contributed by atoms with Crippen molar-refractivity contribution in [3.05, 3.63) is 53.7 Å². The predicted molar refractivity (Wildman–Crippen MR) is 113 cm³/mol. The number of carbonyl (C=O) groups is 1. The number of benzene rings is 1. The Morgan fingerprint density at radius 3 is 2.43 bits per heavy atom. The second-order valence-corrected chi connectivity index (χ2v) is 8.09. The van der Waals surface area contributed by atoms with Crippen LogP contribution in [0.2, 0.25) is 0 Å². The Bertz CT molecular complexity index is 761. The minimum atomic E-state index is -0.129. The highest BCUT2D eigenvalue weighted by Crippen LogP contribution is 2.22. The van der Waals surface area contributed by atoms with Gasteiger partial charge in [-0.05, 0) is 35.2 Å². The van der Waals surface area contributed by atoms with Crippen molar-refractivity contribution in [1.82, 2.24) is 9.88 Å². The lowest BCUT2D eigenvalue weighted by Crippen LogP contribution is -2.39. The normalized spacial score (nSPS) is 15.2. The average molecular weight is 383 g/mol. The van der Waals surface area contributed by atoms with Crippen LogP contribution in [0.15, 0.2) is 42.6 Å². The molecule has 1 aliphatic rings. The predicted octanol–water partition coefficient (Wildman–Crippen LogP) is 3.38. The maximum atomic E-state index is 12.4. The molecule has 1 aliphatic heterocycles. The zero-order valence-corrected chi connectivity index (χ0v) is 17.0. The van der Waals surface area contributed by atoms with E-state index in [1.165, 1.54) is 5.56 Å². The second kappa shape index (κ2) is 9.17. The standard InChI is InChI=1S/C22H30N4O2/c1-22(2,3)18-6-4-17(5-7-18)21(27)25-19-8-9-20(24-16-19)23-10-11-26-12-14-28-15-13-26/h4-9,16H,10-15H2,1-3H3,(H,23,24)(H,25,27). The molecule has 2 heterocycles. The molecule has 1 amide bonds. The Balaban J connectivity index is 1.48. The molecule has 0 saturated carbocycles. The fourth-order valence-electron chi connectivity index (χ4n) is 3.06. The van der Waals surface area contributed by atoms with Crippen molar-refractivity contribution in [3.8, 4) is 0 Å². The lowest BCUT2D eigenvalue weighted by Gasteiger charge is -2.26. The molecule has 0 radical (unpaired) electrons. The minimum absolute atomic E-state index is 0.0729. The summed E-state index contributed by atoms with van der Waals surface area (Å²) in [5.41, 5.74) is 2.60. The van der Waals surface area contributed by atoms with Crippen LogP contribution in [-0.4, -0.2) is 55.2 Å². The largest absolute Gasteiger partial charge is 0.379 e. The van der Waals surface area contributed by atoms with Gasteiger partial charge >= 0.3 is 0 Å². The molecule has 1 aromatic heterocycles. The van der Waals surface area contributed by atoms with Crippen LogP contribution in [0.25, 0.3) is 0 Å². The number of hydrogen-bond donors (Lipinski definition) is 2. The van der Waals surface area contributed by atoms with E-state index in [9.17, 15) is 4.79 Å². The number of morpholine rings is 1. The third-order valence-corrected chi connectivity index (χ3v) is 4.87. The van der Waals surface area contributed by atoms with Crippen LogP contribution in [0.3, 0.4) is 0 Å². The number of pyridine rings is 1. The van der Waals surface area contributed by atoms with Gasteiger partial charge in [0.05, 0.1) is 25.1 Å². The van der Waals surface area contributed by atoms with Crippen LogP contribution in [0.4, 0.5) is 11.5 Å². The van der Waals surface area contributed by atoms with E-state index < -0.39 is 0 Å². The molecule has 0 aliphatic carbocycles. The first-order valence-electron chi connectivity index (χ1n) is 9.84. The highest BCUT2D eigenvalue weighted by atomic mass is 16.5. The minimum Gasteiger partial charge on any atom is -0.379 e. The summed E-state index contributed by atoms with van der Waals surface area (Å²) < 4.78 is 5.35. The first-order valence-corrected chi connectivity index (χ1v) is 9.84. The molecule has 3 rings (SSSR count). The van der Waals surface area contributed by atoms with Gasteiger partial charge in [-0.25, -0.2) is 4.98 Å². The van der Waals surface area contributed by atoms with Crippen LogP contribution >= 0.6 is 0 Å². The molecule has 0 spiro atoms. The van der Waals surface area contributed by atoms with Crippen molar-refractivity contribution < 1.29 is 9.53 Å². The van der Waals surface area contributed by atoms with Gasteiger partial charge in [-0.1, -0.05) is 32.9 Å². The van der Waals surface area contributed by atoms with Crippen LogP contribution < -0.4 is 10.6 Å². The number of nitrogens with one attached hydrogen (secondary N) is 2. The lowest BCUT2D eigenvalue weighted by atomic mass is 9.87. The molecule has 1 saturated heterocycles. The number of nitrogens with zero attached hydrogens (tertiary/aromatic N) is 2. The molecule has 0 unspecified atom stereocenters. The molecular weight excluding hydrogens is 352 g/mol. The molecule has 150 valence electrons. The van der Waals surface area contributed by atoms with Gasteiger partial charge in [0, 0.05) is 31.7 Å². The third kappa shape index (κ3) is 5.78. The van der Waals surface area contributed by atoms with Crippen molar-refractivity contribution >= 4 is 17.4 Å². The zero-order valence-electron chi connectivity index (χ0n) is 17.0. The van der Waals surface area contributed by atoms with Crippen LogP contribution in [-0.2, 0) is 10.2 Å². The summed E-state index contributed by atoms with van der Waals surface area (Å²) in [5, 5.41) is 6.22. The van der Waals surface area contributed by atoms with Crippen molar-refractivity contribution in [3.63, 3.8) is 0 Å². The van der Waals surface area contributed by atoms with Gasteiger partial charge in [0.15, 0.2) is 0 Å². The number of anilines is 2. The van der Waals surface area contributed by atoms with E-state index >= 15 is 0 Å². The molecule has 28 heavy (non-hydrogen) atoms. The molecule has 6 heteroatoms. The van der Waals surface area contributed by atoms with E-state index in [2.05, 4.69) is 41.3 Å². The van der Waals surface area contributed by atoms with Crippen molar-refractivity contribution in [2.75, 3.05) is 50.0 Å². The summed E-state index contributed by atoms with van der Waals surface area (Å²) in [7, 11) is 0. The first kappa shape index (κ1) is 20.3. The summed E-state index contributed by atoms with van der Waals surface area (Å²) in [6.07, 6.45) is 1.68. The number of hydrogen-bond acceptors (Lipinski definition) is 5. The van der Waals surface area contributed by atoms with Gasteiger partial charge in [0.2, 0.25) is 0 Å². The van der Waals surface area contributed by atoms with Crippen LogP contribution in [0.1, 0.15) is 36.7 Å². The maximum absolute atomic E-state index is 12.4. The monoisotopic (exact) mass is 382 g/mol. The van der Waals surface area contributed by atoms with Gasteiger partial charge in [-0.3, -0.25) is 9.69 Å². The number of ether oxygens (including phenoxy) is 1. The maximum Gasteiger partial charge on any atom is 0.255 e. The molecular formula is C22H30N4O2.